The summed E-state index contributed by atoms with van der Waals surface area (Å²) in [7, 11) is 0. The van der Waals surface area contributed by atoms with Crippen LogP contribution in [0.5, 0.6) is 0 Å². The van der Waals surface area contributed by atoms with E-state index < -0.39 is 11.7 Å². The van der Waals surface area contributed by atoms with Crippen molar-refractivity contribution >= 4 is 10.9 Å². The maximum absolute atomic E-state index is 12.6. The number of aryl methyl sites for hydroxylation is 1. The number of halogens is 3. The molecule has 0 radical (unpaired) electrons. The summed E-state index contributed by atoms with van der Waals surface area (Å²) in [5, 5.41) is 0.656. The molecular weight excluding hydrogens is 227 g/mol. The first-order valence-electron chi connectivity index (χ1n) is 5.50. The number of rotatable bonds is 1. The van der Waals surface area contributed by atoms with Crippen molar-refractivity contribution in [2.24, 2.45) is 0 Å². The fraction of sp³-hybridized carbons (Fsp3) is 0.385. The second-order valence-electron chi connectivity index (χ2n) is 4.58. The molecule has 17 heavy (non-hydrogen) atoms. The van der Waals surface area contributed by atoms with Crippen LogP contribution in [0.2, 0.25) is 0 Å². The van der Waals surface area contributed by atoms with Gasteiger partial charge in [0.1, 0.15) is 0 Å². The first-order chi connectivity index (χ1) is 7.80. The number of hydrogen-bond donors (Lipinski definition) is 1. The van der Waals surface area contributed by atoms with Crippen LogP contribution < -0.4 is 0 Å². The van der Waals surface area contributed by atoms with Gasteiger partial charge in [-0.05, 0) is 36.6 Å². The Bertz CT molecular complexity index is 550. The van der Waals surface area contributed by atoms with Crippen LogP contribution >= 0.6 is 0 Å². The molecule has 0 unspecified atom stereocenters. The third-order valence-corrected chi connectivity index (χ3v) is 3.00. The molecule has 1 heterocycles. The standard InChI is InChI=1S/C13H14F3N/c1-7(2)12-8(3)10-6-9(13(14,15)16)4-5-11(10)17-12/h4-7,17H,1-3H3. The number of fused-ring (bicyclic) bond motifs is 1. The molecule has 0 bridgehead atoms. The van der Waals surface area contributed by atoms with Gasteiger partial charge in [-0.2, -0.15) is 13.2 Å². The van der Waals surface area contributed by atoms with Crippen molar-refractivity contribution in [3.63, 3.8) is 0 Å². The highest BCUT2D eigenvalue weighted by Gasteiger charge is 2.30. The number of H-pyrrole nitrogens is 1. The summed E-state index contributed by atoms with van der Waals surface area (Å²) in [4.78, 5) is 3.17. The second-order valence-corrected chi connectivity index (χ2v) is 4.58. The minimum atomic E-state index is -4.28. The summed E-state index contributed by atoms with van der Waals surface area (Å²) in [6.07, 6.45) is -4.28. The highest BCUT2D eigenvalue weighted by atomic mass is 19.4. The lowest BCUT2D eigenvalue weighted by molar-refractivity contribution is -0.137. The number of hydrogen-bond acceptors (Lipinski definition) is 0. The summed E-state index contributed by atoms with van der Waals surface area (Å²) in [5.41, 5.74) is 2.07. The van der Waals surface area contributed by atoms with Gasteiger partial charge < -0.3 is 4.98 Å². The molecule has 0 aliphatic carbocycles. The lowest BCUT2D eigenvalue weighted by Gasteiger charge is -2.06. The topological polar surface area (TPSA) is 15.8 Å². The molecule has 2 aromatic rings. The quantitative estimate of drug-likeness (QED) is 0.749. The van der Waals surface area contributed by atoms with E-state index in [2.05, 4.69) is 4.98 Å². The van der Waals surface area contributed by atoms with Gasteiger partial charge in [0, 0.05) is 16.6 Å². The van der Waals surface area contributed by atoms with Gasteiger partial charge in [-0.25, -0.2) is 0 Å². The average Bonchev–Trinajstić information content (AvgIpc) is 2.54. The zero-order valence-corrected chi connectivity index (χ0v) is 9.94. The van der Waals surface area contributed by atoms with Crippen molar-refractivity contribution < 1.29 is 13.2 Å². The highest BCUT2D eigenvalue weighted by Crippen LogP contribution is 2.34. The molecule has 0 spiro atoms. The van der Waals surface area contributed by atoms with Gasteiger partial charge in [-0.1, -0.05) is 13.8 Å². The van der Waals surface area contributed by atoms with Crippen LogP contribution in [0.3, 0.4) is 0 Å². The zero-order chi connectivity index (χ0) is 12.8. The van der Waals surface area contributed by atoms with E-state index in [4.69, 9.17) is 0 Å². The highest BCUT2D eigenvalue weighted by molar-refractivity contribution is 5.85. The molecule has 92 valence electrons. The van der Waals surface area contributed by atoms with Crippen molar-refractivity contribution in [3.05, 3.63) is 35.0 Å². The molecule has 0 saturated heterocycles. The number of nitrogens with one attached hydrogen (secondary N) is 1. The molecule has 1 N–H and O–H groups in total. The van der Waals surface area contributed by atoms with Crippen LogP contribution in [-0.2, 0) is 6.18 Å². The Morgan fingerprint density at radius 1 is 1.18 bits per heavy atom. The maximum atomic E-state index is 12.6. The van der Waals surface area contributed by atoms with Crippen LogP contribution in [0.1, 0.15) is 36.6 Å². The van der Waals surface area contributed by atoms with Crippen LogP contribution in [0.15, 0.2) is 18.2 Å². The van der Waals surface area contributed by atoms with Gasteiger partial charge >= 0.3 is 6.18 Å². The van der Waals surface area contributed by atoms with Crippen molar-refractivity contribution in [2.45, 2.75) is 32.9 Å². The summed E-state index contributed by atoms with van der Waals surface area (Å²) >= 11 is 0. The van der Waals surface area contributed by atoms with E-state index in [-0.39, 0.29) is 5.92 Å². The van der Waals surface area contributed by atoms with E-state index in [0.29, 0.717) is 5.39 Å². The molecule has 0 fully saturated rings. The van der Waals surface area contributed by atoms with E-state index >= 15 is 0 Å². The van der Waals surface area contributed by atoms with Crippen molar-refractivity contribution in [1.82, 2.24) is 4.98 Å². The van der Waals surface area contributed by atoms with E-state index in [9.17, 15) is 13.2 Å². The smallest absolute Gasteiger partial charge is 0.358 e. The molecule has 0 atom stereocenters. The van der Waals surface area contributed by atoms with Gasteiger partial charge in [-0.3, -0.25) is 0 Å². The molecule has 1 nitrogen and oxygen atoms in total. The Kier molecular flexibility index (Phi) is 2.68. The molecule has 4 heteroatoms. The number of benzene rings is 1. The molecule has 1 aromatic carbocycles. The van der Waals surface area contributed by atoms with Crippen molar-refractivity contribution in [2.75, 3.05) is 0 Å². The number of aromatic nitrogens is 1. The van der Waals surface area contributed by atoms with E-state index in [1.54, 1.807) is 0 Å². The summed E-state index contributed by atoms with van der Waals surface area (Å²) < 4.78 is 37.8. The van der Waals surface area contributed by atoms with Gasteiger partial charge in [0.05, 0.1) is 5.56 Å². The SMILES string of the molecule is Cc1c(C(C)C)[nH]c2ccc(C(F)(F)F)cc12. The maximum Gasteiger partial charge on any atom is 0.416 e. The lowest BCUT2D eigenvalue weighted by Crippen LogP contribution is -2.04. The van der Waals surface area contributed by atoms with Crippen molar-refractivity contribution in [1.29, 1.82) is 0 Å². The largest absolute Gasteiger partial charge is 0.416 e. The molecule has 0 saturated carbocycles. The van der Waals surface area contributed by atoms with Gasteiger partial charge in [-0.15, -0.1) is 0 Å². The van der Waals surface area contributed by atoms with Crippen LogP contribution in [0.4, 0.5) is 13.2 Å². The first kappa shape index (κ1) is 12.0. The van der Waals surface area contributed by atoms with E-state index in [1.165, 1.54) is 12.1 Å². The minimum Gasteiger partial charge on any atom is -0.358 e. The second kappa shape index (κ2) is 3.79. The van der Waals surface area contributed by atoms with Crippen molar-refractivity contribution in [3.8, 4) is 0 Å². The number of alkyl halides is 3. The Hall–Kier alpha value is -1.45. The Balaban J connectivity index is 2.66. The third kappa shape index (κ3) is 2.04. The average molecular weight is 241 g/mol. The summed E-state index contributed by atoms with van der Waals surface area (Å²) in [6, 6.07) is 3.83. The monoisotopic (exact) mass is 241 g/mol. The lowest BCUT2D eigenvalue weighted by atomic mass is 10.0. The summed E-state index contributed by atoms with van der Waals surface area (Å²) in [5.74, 6) is 0.275. The molecule has 2 rings (SSSR count). The Morgan fingerprint density at radius 3 is 2.35 bits per heavy atom. The van der Waals surface area contributed by atoms with Crippen LogP contribution in [0.25, 0.3) is 10.9 Å². The Labute approximate surface area is 97.6 Å². The molecule has 0 amide bonds. The minimum absolute atomic E-state index is 0.275. The third-order valence-electron chi connectivity index (χ3n) is 3.00. The number of aromatic amines is 1. The first-order valence-corrected chi connectivity index (χ1v) is 5.50. The van der Waals surface area contributed by atoms with Crippen LogP contribution in [0, 0.1) is 6.92 Å². The molecule has 0 aliphatic heterocycles. The van der Waals surface area contributed by atoms with Crippen LogP contribution in [-0.4, -0.2) is 4.98 Å². The molecule has 0 aliphatic rings. The predicted molar refractivity (Wildman–Crippen MR) is 62.1 cm³/mol. The zero-order valence-electron chi connectivity index (χ0n) is 9.94. The normalized spacial score (nSPS) is 12.6. The van der Waals surface area contributed by atoms with E-state index in [1.807, 2.05) is 20.8 Å². The fourth-order valence-corrected chi connectivity index (χ4v) is 2.10. The van der Waals surface area contributed by atoms with Gasteiger partial charge in [0.15, 0.2) is 0 Å². The summed E-state index contributed by atoms with van der Waals surface area (Å²) in [6.45, 7) is 5.89. The van der Waals surface area contributed by atoms with Gasteiger partial charge in [0.25, 0.3) is 0 Å². The Morgan fingerprint density at radius 2 is 1.82 bits per heavy atom. The fourth-order valence-electron chi connectivity index (χ4n) is 2.10. The predicted octanol–water partition coefficient (Wildman–Crippen LogP) is 4.62. The van der Waals surface area contributed by atoms with Gasteiger partial charge in [0.2, 0.25) is 0 Å². The molecule has 1 aromatic heterocycles. The molecular formula is C13H14F3N. The van der Waals surface area contributed by atoms with E-state index in [0.717, 1.165) is 22.8 Å².